The Bertz CT molecular complexity index is 857. The summed E-state index contributed by atoms with van der Waals surface area (Å²) in [5, 5.41) is 32.2. The van der Waals surface area contributed by atoms with E-state index in [1.165, 1.54) is 0 Å². The van der Waals surface area contributed by atoms with E-state index in [0.717, 1.165) is 5.56 Å². The second kappa shape index (κ2) is 14.7. The van der Waals surface area contributed by atoms with Gasteiger partial charge in [0.2, 0.25) is 5.91 Å². The Morgan fingerprint density at radius 1 is 0.903 bits per heavy atom. The van der Waals surface area contributed by atoms with E-state index < -0.39 is 18.0 Å². The molecular weight excluding hydrogens is 424 g/mol. The van der Waals surface area contributed by atoms with Gasteiger partial charge in [-0.05, 0) is 11.6 Å². The van der Waals surface area contributed by atoms with Crippen molar-refractivity contribution in [2.75, 3.05) is 19.6 Å². The van der Waals surface area contributed by atoms with Gasteiger partial charge in [0.1, 0.15) is 0 Å². The maximum absolute atomic E-state index is 11.8. The number of rotatable bonds is 10. The summed E-state index contributed by atoms with van der Waals surface area (Å²) in [6.45, 7) is 1.49. The number of carboxylic acids is 2. The molecule has 0 fully saturated rings. The van der Waals surface area contributed by atoms with Crippen LogP contribution in [0.4, 0.5) is 0 Å². The molecule has 0 saturated carbocycles. The van der Waals surface area contributed by atoms with E-state index in [4.69, 9.17) is 21.8 Å². The molecule has 0 radical (unpaired) electrons. The van der Waals surface area contributed by atoms with Gasteiger partial charge in [0.05, 0.1) is 12.5 Å². The Labute approximate surface area is 185 Å². The lowest BCUT2D eigenvalue weighted by Crippen LogP contribution is -2.34. The van der Waals surface area contributed by atoms with Crippen LogP contribution in [-0.2, 0) is 20.8 Å². The minimum Gasteiger partial charge on any atom is -0.478 e. The maximum Gasteiger partial charge on any atom is 0.328 e. The summed E-state index contributed by atoms with van der Waals surface area (Å²) < 4.78 is 0. The summed E-state index contributed by atoms with van der Waals surface area (Å²) in [5.74, 6) is -2.52. The third-order valence-electron chi connectivity index (χ3n) is 3.80. The summed E-state index contributed by atoms with van der Waals surface area (Å²) in [6.07, 6.45) is 0.831. The van der Waals surface area contributed by atoms with Gasteiger partial charge >= 0.3 is 11.9 Å². The number of hydrogen-bond acceptors (Lipinski definition) is 5. The van der Waals surface area contributed by atoms with Crippen LogP contribution in [0.2, 0.25) is 5.02 Å². The molecule has 1 atom stereocenters. The van der Waals surface area contributed by atoms with Crippen LogP contribution in [0.3, 0.4) is 0 Å². The van der Waals surface area contributed by atoms with Crippen molar-refractivity contribution < 1.29 is 29.7 Å². The van der Waals surface area contributed by atoms with Gasteiger partial charge in [-0.1, -0.05) is 60.1 Å². The SMILES string of the molecule is O=C(Cc1ccccc1)NCCNCC(O)c1ccccc1Cl.O=C(O)/C=C/C(=O)O. The lowest BCUT2D eigenvalue weighted by molar-refractivity contribution is -0.134. The summed E-state index contributed by atoms with van der Waals surface area (Å²) in [4.78, 5) is 30.9. The highest BCUT2D eigenvalue weighted by atomic mass is 35.5. The molecule has 0 aliphatic heterocycles. The lowest BCUT2D eigenvalue weighted by atomic mass is 10.1. The number of aliphatic hydroxyl groups is 1. The Balaban J connectivity index is 0.000000512. The second-order valence-electron chi connectivity index (χ2n) is 6.26. The van der Waals surface area contributed by atoms with Gasteiger partial charge in [0, 0.05) is 42.4 Å². The molecule has 31 heavy (non-hydrogen) atoms. The first-order chi connectivity index (χ1) is 14.8. The third kappa shape index (κ3) is 12.2. The van der Waals surface area contributed by atoms with E-state index in [2.05, 4.69) is 10.6 Å². The molecular formula is C22H25ClN2O6. The molecule has 0 aromatic heterocycles. The number of aliphatic carboxylic acids is 2. The van der Waals surface area contributed by atoms with Gasteiger partial charge in [-0.15, -0.1) is 0 Å². The van der Waals surface area contributed by atoms with Crippen LogP contribution in [0.15, 0.2) is 66.7 Å². The van der Waals surface area contributed by atoms with Crippen LogP contribution in [-0.4, -0.2) is 52.8 Å². The third-order valence-corrected chi connectivity index (χ3v) is 4.15. The number of amides is 1. The predicted molar refractivity (Wildman–Crippen MR) is 117 cm³/mol. The van der Waals surface area contributed by atoms with Crippen molar-refractivity contribution in [3.8, 4) is 0 Å². The van der Waals surface area contributed by atoms with Crippen molar-refractivity contribution in [2.24, 2.45) is 0 Å². The standard InChI is InChI=1S/C18H21ClN2O2.C4H4O4/c19-16-9-5-4-8-15(16)17(22)13-20-10-11-21-18(23)12-14-6-2-1-3-7-14;5-3(6)1-2-4(7)8/h1-9,17,20,22H,10-13H2,(H,21,23);1-2H,(H,5,6)(H,7,8)/b;2-1+. The number of halogens is 1. The zero-order valence-corrected chi connectivity index (χ0v) is 17.5. The van der Waals surface area contributed by atoms with Crippen molar-refractivity contribution in [1.82, 2.24) is 10.6 Å². The highest BCUT2D eigenvalue weighted by Crippen LogP contribution is 2.21. The van der Waals surface area contributed by atoms with Crippen molar-refractivity contribution in [3.63, 3.8) is 0 Å². The monoisotopic (exact) mass is 448 g/mol. The van der Waals surface area contributed by atoms with Crippen molar-refractivity contribution >= 4 is 29.4 Å². The fraction of sp³-hybridized carbons (Fsp3) is 0.227. The zero-order chi connectivity index (χ0) is 23.1. The molecule has 0 bridgehead atoms. The average molecular weight is 449 g/mol. The Morgan fingerprint density at radius 2 is 1.48 bits per heavy atom. The Morgan fingerprint density at radius 3 is 2.06 bits per heavy atom. The van der Waals surface area contributed by atoms with E-state index in [1.807, 2.05) is 42.5 Å². The molecule has 1 unspecified atom stereocenters. The van der Waals surface area contributed by atoms with Gasteiger partial charge in [-0.2, -0.15) is 0 Å². The second-order valence-corrected chi connectivity index (χ2v) is 6.67. The molecule has 5 N–H and O–H groups in total. The molecule has 166 valence electrons. The molecule has 9 heteroatoms. The molecule has 0 aliphatic rings. The summed E-state index contributed by atoms with van der Waals surface area (Å²) >= 11 is 6.03. The number of carbonyl (C=O) groups is 3. The number of hydrogen-bond donors (Lipinski definition) is 5. The number of nitrogens with one attached hydrogen (secondary N) is 2. The van der Waals surface area contributed by atoms with Gasteiger partial charge in [0.25, 0.3) is 0 Å². The van der Waals surface area contributed by atoms with Crippen LogP contribution in [0.25, 0.3) is 0 Å². The van der Waals surface area contributed by atoms with Crippen LogP contribution in [0, 0.1) is 0 Å². The van der Waals surface area contributed by atoms with Gasteiger partial charge in [-0.25, -0.2) is 9.59 Å². The molecule has 0 spiro atoms. The molecule has 2 aromatic carbocycles. The Kier molecular flexibility index (Phi) is 12.3. The highest BCUT2D eigenvalue weighted by Gasteiger charge is 2.10. The maximum atomic E-state index is 11.8. The topological polar surface area (TPSA) is 136 Å². The number of carboxylic acid groups (broad SMARTS) is 2. The van der Waals surface area contributed by atoms with Crippen LogP contribution < -0.4 is 10.6 Å². The molecule has 0 saturated heterocycles. The fourth-order valence-electron chi connectivity index (χ4n) is 2.37. The quantitative estimate of drug-likeness (QED) is 0.277. The first-order valence-electron chi connectivity index (χ1n) is 9.37. The largest absolute Gasteiger partial charge is 0.478 e. The van der Waals surface area contributed by atoms with Crippen LogP contribution in [0.1, 0.15) is 17.2 Å². The van der Waals surface area contributed by atoms with Crippen molar-refractivity contribution in [1.29, 1.82) is 0 Å². The molecule has 1 amide bonds. The summed E-state index contributed by atoms with van der Waals surface area (Å²) in [6, 6.07) is 16.8. The number of carbonyl (C=O) groups excluding carboxylic acids is 1. The zero-order valence-electron chi connectivity index (χ0n) is 16.7. The van der Waals surface area contributed by atoms with E-state index in [-0.39, 0.29) is 5.91 Å². The van der Waals surface area contributed by atoms with Crippen molar-refractivity contribution in [2.45, 2.75) is 12.5 Å². The van der Waals surface area contributed by atoms with E-state index in [1.54, 1.807) is 12.1 Å². The minimum absolute atomic E-state index is 0.00958. The Hall–Kier alpha value is -3.20. The van der Waals surface area contributed by atoms with E-state index in [9.17, 15) is 19.5 Å². The first kappa shape index (κ1) is 25.8. The lowest BCUT2D eigenvalue weighted by Gasteiger charge is -2.13. The molecule has 8 nitrogen and oxygen atoms in total. The normalized spacial score (nSPS) is 11.3. The molecule has 0 heterocycles. The molecule has 0 aliphatic carbocycles. The first-order valence-corrected chi connectivity index (χ1v) is 9.75. The number of benzene rings is 2. The van der Waals surface area contributed by atoms with Gasteiger partial charge in [0.15, 0.2) is 0 Å². The molecule has 2 aromatic rings. The average Bonchev–Trinajstić information content (AvgIpc) is 2.73. The smallest absolute Gasteiger partial charge is 0.328 e. The van der Waals surface area contributed by atoms with Gasteiger partial charge < -0.3 is 26.0 Å². The van der Waals surface area contributed by atoms with Crippen molar-refractivity contribution in [3.05, 3.63) is 82.9 Å². The predicted octanol–water partition coefficient (Wildman–Crippen LogP) is 2.03. The molecule has 2 rings (SSSR count). The van der Waals surface area contributed by atoms with Crippen LogP contribution >= 0.6 is 11.6 Å². The fourth-order valence-corrected chi connectivity index (χ4v) is 2.63. The van der Waals surface area contributed by atoms with Crippen LogP contribution in [0.5, 0.6) is 0 Å². The van der Waals surface area contributed by atoms with Gasteiger partial charge in [-0.3, -0.25) is 4.79 Å². The highest BCUT2D eigenvalue weighted by molar-refractivity contribution is 6.31. The summed E-state index contributed by atoms with van der Waals surface area (Å²) in [5.41, 5.74) is 1.70. The minimum atomic E-state index is -1.26. The van der Waals surface area contributed by atoms with E-state index >= 15 is 0 Å². The van der Waals surface area contributed by atoms with E-state index in [0.29, 0.717) is 48.8 Å². The number of aliphatic hydroxyl groups excluding tert-OH is 1. The summed E-state index contributed by atoms with van der Waals surface area (Å²) in [7, 11) is 0.